The van der Waals surface area contributed by atoms with Gasteiger partial charge in [0.2, 0.25) is 10.0 Å². The van der Waals surface area contributed by atoms with Crippen molar-refractivity contribution in [2.75, 3.05) is 6.54 Å². The van der Waals surface area contributed by atoms with Gasteiger partial charge in [0.05, 0.1) is 5.56 Å². The minimum Gasteiger partial charge on any atom is -0.207 e. The van der Waals surface area contributed by atoms with Crippen molar-refractivity contribution in [1.82, 2.24) is 4.72 Å². The van der Waals surface area contributed by atoms with Crippen LogP contribution in [0.25, 0.3) is 0 Å². The first-order valence-electron chi connectivity index (χ1n) is 5.05. The maximum Gasteiger partial charge on any atom is 0.416 e. The minimum atomic E-state index is -4.73. The maximum atomic E-state index is 13.5. The van der Waals surface area contributed by atoms with E-state index in [1.807, 2.05) is 4.72 Å². The number of hydrogen-bond donors (Lipinski definition) is 1. The van der Waals surface area contributed by atoms with E-state index >= 15 is 0 Å². The molecule has 1 N–H and O–H groups in total. The summed E-state index contributed by atoms with van der Waals surface area (Å²) < 4.78 is 75.7. The quantitative estimate of drug-likeness (QED) is 0.686. The Balaban J connectivity index is 3.13. The Bertz CT molecular complexity index is 593. The Morgan fingerprint density at radius 1 is 1.37 bits per heavy atom. The van der Waals surface area contributed by atoms with E-state index in [0.29, 0.717) is 17.7 Å². The van der Waals surface area contributed by atoms with Crippen molar-refractivity contribution in [2.24, 2.45) is 0 Å². The highest BCUT2D eigenvalue weighted by molar-refractivity contribution is 7.89. The van der Waals surface area contributed by atoms with Crippen molar-refractivity contribution >= 4 is 10.0 Å². The molecule has 106 valence electrons. The largest absolute Gasteiger partial charge is 0.416 e. The lowest BCUT2D eigenvalue weighted by molar-refractivity contribution is -0.137. The van der Waals surface area contributed by atoms with Crippen LogP contribution in [0.1, 0.15) is 12.5 Å². The normalized spacial score (nSPS) is 12.5. The van der Waals surface area contributed by atoms with Crippen LogP contribution in [0.3, 0.4) is 0 Å². The zero-order valence-corrected chi connectivity index (χ0v) is 10.7. The second-order valence-electron chi connectivity index (χ2n) is 3.92. The molecule has 8 heteroatoms. The van der Waals surface area contributed by atoms with E-state index in [1.54, 1.807) is 6.92 Å². The SMILES string of the molecule is C=C(C)CNS(=O)(=O)c1ccc(C(F)(F)F)cc1F. The van der Waals surface area contributed by atoms with Gasteiger partial charge in [-0.2, -0.15) is 13.2 Å². The number of benzene rings is 1. The summed E-state index contributed by atoms with van der Waals surface area (Å²) in [6.45, 7) is 4.88. The van der Waals surface area contributed by atoms with E-state index in [0.717, 1.165) is 0 Å². The number of halogens is 4. The molecule has 0 unspecified atom stereocenters. The zero-order valence-electron chi connectivity index (χ0n) is 9.88. The molecule has 0 saturated heterocycles. The molecule has 1 aromatic rings. The summed E-state index contributed by atoms with van der Waals surface area (Å²) in [7, 11) is -4.20. The standard InChI is InChI=1S/C11H11F4NO2S/c1-7(2)6-16-19(17,18)10-4-3-8(5-9(10)12)11(13,14)15/h3-5,16H,1,6H2,2H3. The molecular weight excluding hydrogens is 286 g/mol. The van der Waals surface area contributed by atoms with Gasteiger partial charge in [-0.25, -0.2) is 17.5 Å². The van der Waals surface area contributed by atoms with Crippen LogP contribution >= 0.6 is 0 Å². The second-order valence-corrected chi connectivity index (χ2v) is 5.66. The highest BCUT2D eigenvalue weighted by atomic mass is 32.2. The monoisotopic (exact) mass is 297 g/mol. The van der Waals surface area contributed by atoms with Gasteiger partial charge in [-0.05, 0) is 25.1 Å². The number of nitrogens with one attached hydrogen (secondary N) is 1. The molecule has 0 spiro atoms. The van der Waals surface area contributed by atoms with Crippen LogP contribution in [-0.4, -0.2) is 15.0 Å². The molecule has 0 aliphatic rings. The zero-order chi connectivity index (χ0) is 14.8. The molecule has 0 aliphatic heterocycles. The molecule has 0 aliphatic carbocycles. The average molecular weight is 297 g/mol. The van der Waals surface area contributed by atoms with Crippen LogP contribution in [0.2, 0.25) is 0 Å². The molecular formula is C11H11F4NO2S. The fraction of sp³-hybridized carbons (Fsp3) is 0.273. The summed E-state index contributed by atoms with van der Waals surface area (Å²) in [5.74, 6) is -1.45. The van der Waals surface area contributed by atoms with E-state index < -0.39 is 32.5 Å². The van der Waals surface area contributed by atoms with Gasteiger partial charge < -0.3 is 0 Å². The Kier molecular flexibility index (Phi) is 4.36. The maximum absolute atomic E-state index is 13.5. The van der Waals surface area contributed by atoms with Gasteiger partial charge in [-0.1, -0.05) is 12.2 Å². The lowest BCUT2D eigenvalue weighted by atomic mass is 10.2. The number of hydrogen-bond acceptors (Lipinski definition) is 2. The highest BCUT2D eigenvalue weighted by Crippen LogP contribution is 2.31. The molecule has 19 heavy (non-hydrogen) atoms. The van der Waals surface area contributed by atoms with Crippen molar-refractivity contribution in [1.29, 1.82) is 0 Å². The Morgan fingerprint density at radius 3 is 2.37 bits per heavy atom. The summed E-state index contributed by atoms with van der Waals surface area (Å²) in [6.07, 6.45) is -4.73. The van der Waals surface area contributed by atoms with Crippen molar-refractivity contribution in [2.45, 2.75) is 18.0 Å². The third-order valence-corrected chi connectivity index (χ3v) is 3.55. The number of sulfonamides is 1. The van der Waals surface area contributed by atoms with Crippen LogP contribution < -0.4 is 4.72 Å². The molecule has 0 amide bonds. The van der Waals surface area contributed by atoms with Crippen LogP contribution in [0.5, 0.6) is 0 Å². The summed E-state index contributed by atoms with van der Waals surface area (Å²) in [4.78, 5) is -0.832. The number of alkyl halides is 3. The van der Waals surface area contributed by atoms with Gasteiger partial charge in [0.1, 0.15) is 10.7 Å². The first-order chi connectivity index (χ1) is 8.54. The predicted octanol–water partition coefficient (Wildman–Crippen LogP) is 2.70. The first-order valence-corrected chi connectivity index (χ1v) is 6.53. The van der Waals surface area contributed by atoms with Crippen LogP contribution in [0.4, 0.5) is 17.6 Å². The Labute approximate surface area is 108 Å². The lowest BCUT2D eigenvalue weighted by Crippen LogP contribution is -2.26. The van der Waals surface area contributed by atoms with Crippen molar-refractivity contribution in [3.8, 4) is 0 Å². The van der Waals surface area contributed by atoms with E-state index in [-0.39, 0.29) is 12.6 Å². The van der Waals surface area contributed by atoms with Crippen molar-refractivity contribution < 1.29 is 26.0 Å². The molecule has 0 radical (unpaired) electrons. The minimum absolute atomic E-state index is 0.122. The highest BCUT2D eigenvalue weighted by Gasteiger charge is 2.32. The summed E-state index contributed by atoms with van der Waals surface area (Å²) in [5.41, 5.74) is -0.764. The van der Waals surface area contributed by atoms with E-state index in [2.05, 4.69) is 6.58 Å². The fourth-order valence-electron chi connectivity index (χ4n) is 1.19. The third kappa shape index (κ3) is 4.03. The van der Waals surface area contributed by atoms with Crippen LogP contribution in [0, 0.1) is 5.82 Å². The van der Waals surface area contributed by atoms with E-state index in [4.69, 9.17) is 0 Å². The van der Waals surface area contributed by atoms with E-state index in [1.165, 1.54) is 0 Å². The van der Waals surface area contributed by atoms with Gasteiger partial charge >= 0.3 is 6.18 Å². The summed E-state index contributed by atoms with van der Waals surface area (Å²) in [6, 6.07) is 1.24. The first kappa shape index (κ1) is 15.6. The molecule has 0 aromatic heterocycles. The van der Waals surface area contributed by atoms with Gasteiger partial charge in [-0.3, -0.25) is 0 Å². The Morgan fingerprint density at radius 2 is 1.95 bits per heavy atom. The molecule has 3 nitrogen and oxygen atoms in total. The topological polar surface area (TPSA) is 46.2 Å². The third-order valence-electron chi connectivity index (χ3n) is 2.11. The lowest BCUT2D eigenvalue weighted by Gasteiger charge is -2.10. The Hall–Kier alpha value is -1.41. The molecule has 0 saturated carbocycles. The number of rotatable bonds is 4. The predicted molar refractivity (Wildman–Crippen MR) is 61.4 cm³/mol. The molecule has 0 atom stereocenters. The molecule has 1 rings (SSSR count). The molecule has 0 bridgehead atoms. The van der Waals surface area contributed by atoms with Crippen LogP contribution in [-0.2, 0) is 16.2 Å². The molecule has 1 aromatic carbocycles. The van der Waals surface area contributed by atoms with Crippen molar-refractivity contribution in [3.05, 3.63) is 41.7 Å². The van der Waals surface area contributed by atoms with E-state index in [9.17, 15) is 26.0 Å². The smallest absolute Gasteiger partial charge is 0.207 e. The van der Waals surface area contributed by atoms with Gasteiger partial charge in [0.25, 0.3) is 0 Å². The molecule has 0 heterocycles. The average Bonchev–Trinajstić information content (AvgIpc) is 2.25. The second kappa shape index (κ2) is 5.30. The van der Waals surface area contributed by atoms with Gasteiger partial charge in [0.15, 0.2) is 0 Å². The van der Waals surface area contributed by atoms with Crippen LogP contribution in [0.15, 0.2) is 35.2 Å². The summed E-state index contributed by atoms with van der Waals surface area (Å²) >= 11 is 0. The molecule has 0 fully saturated rings. The summed E-state index contributed by atoms with van der Waals surface area (Å²) in [5, 5.41) is 0. The van der Waals surface area contributed by atoms with Gasteiger partial charge in [-0.15, -0.1) is 0 Å². The van der Waals surface area contributed by atoms with Gasteiger partial charge in [0, 0.05) is 6.54 Å². The fourth-order valence-corrected chi connectivity index (χ4v) is 2.35. The van der Waals surface area contributed by atoms with Crippen molar-refractivity contribution in [3.63, 3.8) is 0 Å².